The van der Waals surface area contributed by atoms with Crippen LogP contribution in [0.2, 0.25) is 0 Å². The molecule has 0 bridgehead atoms. The first-order valence-corrected chi connectivity index (χ1v) is 40.8. The van der Waals surface area contributed by atoms with Gasteiger partial charge in [0.05, 0.1) is 9.79 Å². The van der Waals surface area contributed by atoms with E-state index in [0.29, 0.717) is 10.8 Å². The molecular formula is C80H134BaO6S2. The molecule has 0 amide bonds. The van der Waals surface area contributed by atoms with Gasteiger partial charge in [0.2, 0.25) is 0 Å². The molecule has 0 unspecified atom stereocenters. The van der Waals surface area contributed by atoms with E-state index in [0.717, 1.165) is 49.3 Å². The summed E-state index contributed by atoms with van der Waals surface area (Å²) in [5, 5.41) is 2.95. The molecule has 0 saturated heterocycles. The Bertz CT molecular complexity index is 2370. The van der Waals surface area contributed by atoms with Crippen LogP contribution in [0, 0.1) is 0 Å². The molecule has 4 aromatic rings. The molecule has 0 aromatic heterocycles. The number of aryl methyl sites for hydroxylation is 4. The largest absolute Gasteiger partial charge is 2.00 e. The molecule has 9 heteroatoms. The molecule has 4 aromatic carbocycles. The zero-order valence-electron chi connectivity index (χ0n) is 58.3. The molecule has 0 aliphatic rings. The summed E-state index contributed by atoms with van der Waals surface area (Å²) < 4.78 is 71.9. The van der Waals surface area contributed by atoms with Crippen LogP contribution in [0.1, 0.15) is 384 Å². The van der Waals surface area contributed by atoms with Crippen molar-refractivity contribution in [3.05, 3.63) is 82.9 Å². The second-order valence-electron chi connectivity index (χ2n) is 27.1. The van der Waals surface area contributed by atoms with Gasteiger partial charge in [-0.2, -0.15) is 0 Å². The van der Waals surface area contributed by atoms with Crippen LogP contribution in [-0.4, -0.2) is 74.8 Å². The smallest absolute Gasteiger partial charge is 0.744 e. The van der Waals surface area contributed by atoms with E-state index >= 15 is 0 Å². The maximum atomic E-state index is 12.0. The summed E-state index contributed by atoms with van der Waals surface area (Å²) in [5.74, 6) is 0. The van der Waals surface area contributed by atoms with Crippen molar-refractivity contribution in [1.82, 2.24) is 0 Å². The Morgan fingerprint density at radius 2 is 0.416 bits per heavy atom. The van der Waals surface area contributed by atoms with Gasteiger partial charge in [-0.3, -0.25) is 0 Å². The Kier molecular flexibility index (Phi) is 52.8. The van der Waals surface area contributed by atoms with Gasteiger partial charge in [0.25, 0.3) is 0 Å². The van der Waals surface area contributed by atoms with Gasteiger partial charge >= 0.3 is 48.9 Å². The molecule has 0 N–H and O–H groups in total. The third-order valence-corrected chi connectivity index (χ3v) is 20.8. The van der Waals surface area contributed by atoms with Gasteiger partial charge in [-0.15, -0.1) is 0 Å². The van der Waals surface area contributed by atoms with Crippen LogP contribution in [0.25, 0.3) is 21.5 Å². The Labute approximate surface area is 591 Å². The van der Waals surface area contributed by atoms with Crippen LogP contribution in [0.5, 0.6) is 0 Å². The molecule has 0 aliphatic heterocycles. The maximum absolute atomic E-state index is 12.0. The van der Waals surface area contributed by atoms with E-state index in [1.807, 2.05) is 24.3 Å². The van der Waals surface area contributed by atoms with Gasteiger partial charge in [0.1, 0.15) is 20.2 Å². The first-order valence-electron chi connectivity index (χ1n) is 37.9. The van der Waals surface area contributed by atoms with Gasteiger partial charge in [0.15, 0.2) is 0 Å². The summed E-state index contributed by atoms with van der Waals surface area (Å²) in [7, 11) is -9.00. The average molecular weight is 1390 g/mol. The van der Waals surface area contributed by atoms with Crippen LogP contribution in [0.3, 0.4) is 0 Å². The normalized spacial score (nSPS) is 11.8. The van der Waals surface area contributed by atoms with E-state index in [2.05, 4.69) is 39.8 Å². The average Bonchev–Trinajstić information content (AvgIpc) is 1.05. The summed E-state index contributed by atoms with van der Waals surface area (Å²) in [5.41, 5.74) is 5.19. The second-order valence-corrected chi connectivity index (χ2v) is 29.8. The molecule has 0 fully saturated rings. The third-order valence-electron chi connectivity index (χ3n) is 19.1. The van der Waals surface area contributed by atoms with E-state index in [9.17, 15) is 25.9 Å². The molecule has 0 spiro atoms. The number of benzene rings is 4. The van der Waals surface area contributed by atoms with Crippen LogP contribution in [-0.2, 0) is 45.9 Å². The van der Waals surface area contributed by atoms with Crippen molar-refractivity contribution in [3.8, 4) is 0 Å². The van der Waals surface area contributed by atoms with Crippen molar-refractivity contribution in [2.75, 3.05) is 0 Å². The van der Waals surface area contributed by atoms with E-state index in [1.165, 1.54) is 355 Å². The molecule has 6 nitrogen and oxygen atoms in total. The molecule has 89 heavy (non-hydrogen) atoms. The quantitative estimate of drug-likeness (QED) is 0.0247. The van der Waals surface area contributed by atoms with Gasteiger partial charge in [0, 0.05) is 0 Å². The van der Waals surface area contributed by atoms with Crippen molar-refractivity contribution in [2.24, 2.45) is 0 Å². The number of hydrogen-bond donors (Lipinski definition) is 0. The SMILES string of the molecule is CCCCCCCCCCCCCCCc1cc2cccc(S(=O)(=O)[O-])c2cc1CCCCCCCCCCCCCCC.CCCCCCCCCCCCCCCc1cc2cccc(S(=O)(=O)[O-])c2cc1CCCCCCCCCCCCCCC.[Ba+2]. The summed E-state index contributed by atoms with van der Waals surface area (Å²) in [6, 6.07) is 18.6. The predicted octanol–water partition coefficient (Wildman–Crippen LogP) is 25.6. The van der Waals surface area contributed by atoms with Crippen molar-refractivity contribution in [3.63, 3.8) is 0 Å². The molecule has 4 rings (SSSR count). The third kappa shape index (κ3) is 41.4. The Morgan fingerprint density at radius 1 is 0.247 bits per heavy atom. The molecule has 0 heterocycles. The Balaban J connectivity index is 0.000000600. The monoisotopic (exact) mass is 1390 g/mol. The molecule has 0 aliphatic carbocycles. The summed E-state index contributed by atoms with van der Waals surface area (Å²) >= 11 is 0. The summed E-state index contributed by atoms with van der Waals surface area (Å²) in [6.45, 7) is 9.11. The minimum absolute atomic E-state index is 0. The van der Waals surface area contributed by atoms with Crippen LogP contribution < -0.4 is 0 Å². The van der Waals surface area contributed by atoms with E-state index < -0.39 is 20.2 Å². The van der Waals surface area contributed by atoms with Crippen molar-refractivity contribution in [1.29, 1.82) is 0 Å². The second kappa shape index (κ2) is 56.0. The Morgan fingerprint density at radius 3 is 0.596 bits per heavy atom. The van der Waals surface area contributed by atoms with Gasteiger partial charge in [-0.25, -0.2) is 16.8 Å². The van der Waals surface area contributed by atoms with Gasteiger partial charge in [-0.05, 0) is 119 Å². The number of rotatable bonds is 58. The molecule has 504 valence electrons. The summed E-state index contributed by atoms with van der Waals surface area (Å²) in [4.78, 5) is -0.150. The van der Waals surface area contributed by atoms with Crippen molar-refractivity contribution in [2.45, 2.75) is 397 Å². The van der Waals surface area contributed by atoms with Gasteiger partial charge < -0.3 is 9.11 Å². The number of hydrogen-bond acceptors (Lipinski definition) is 6. The standard InChI is InChI=1S/2C40H68O3S.Ba/c2*1-3-5-7-9-11-13-15-17-19-21-23-25-27-30-36-34-38-32-29-33-40(44(41,42)43)39(38)35-37(36)31-28-26-24-22-20-18-16-14-12-10-8-6-4-2;/h2*29,32-35H,3-28,30-31H2,1-2H3,(H,41,42,43);/q;;+2/p-2. The minimum Gasteiger partial charge on any atom is -0.744 e. The molecular weight excluding hydrogens is 1260 g/mol. The van der Waals surface area contributed by atoms with E-state index in [1.54, 1.807) is 12.1 Å². The fourth-order valence-corrected chi connectivity index (χ4v) is 14.9. The molecule has 0 saturated carbocycles. The summed E-state index contributed by atoms with van der Waals surface area (Å²) in [6.07, 6.45) is 73.9. The fraction of sp³-hybridized carbons (Fsp3) is 0.750. The van der Waals surface area contributed by atoms with Crippen molar-refractivity contribution < 1.29 is 25.9 Å². The van der Waals surface area contributed by atoms with Crippen LogP contribution in [0.15, 0.2) is 70.5 Å². The number of unbranched alkanes of at least 4 members (excludes halogenated alkanes) is 48. The van der Waals surface area contributed by atoms with E-state index in [4.69, 9.17) is 0 Å². The van der Waals surface area contributed by atoms with Crippen LogP contribution >= 0.6 is 0 Å². The van der Waals surface area contributed by atoms with E-state index in [-0.39, 0.29) is 58.7 Å². The van der Waals surface area contributed by atoms with Crippen molar-refractivity contribution >= 4 is 90.7 Å². The molecule has 0 radical (unpaired) electrons. The zero-order chi connectivity index (χ0) is 63.4. The zero-order valence-corrected chi connectivity index (χ0v) is 64.4. The van der Waals surface area contributed by atoms with Crippen LogP contribution in [0.4, 0.5) is 0 Å². The predicted molar refractivity (Wildman–Crippen MR) is 387 cm³/mol. The Hall–Kier alpha value is -1.21. The molecule has 0 atom stereocenters. The first-order chi connectivity index (χ1) is 42.9. The van der Waals surface area contributed by atoms with Gasteiger partial charge in [-0.1, -0.05) is 372 Å². The first kappa shape index (κ1) is 83.9. The topological polar surface area (TPSA) is 114 Å². The fourth-order valence-electron chi connectivity index (χ4n) is 13.5. The maximum Gasteiger partial charge on any atom is 2.00 e. The number of fused-ring (bicyclic) bond motifs is 2. The minimum atomic E-state index is -4.50.